The fraction of sp³-hybridized carbons (Fsp3) is 0.433. The number of rotatable bonds is 7. The molecule has 7 heteroatoms. The molecule has 0 saturated heterocycles. The molecule has 37 heavy (non-hydrogen) atoms. The van der Waals surface area contributed by atoms with Crippen LogP contribution >= 0.6 is 0 Å². The number of nitrogens with zero attached hydrogens (tertiary/aromatic N) is 5. The molecule has 0 bridgehead atoms. The normalized spacial score (nSPS) is 15.7. The zero-order valence-corrected chi connectivity index (χ0v) is 22.7. The topological polar surface area (TPSA) is 65.3 Å². The zero-order chi connectivity index (χ0) is 32.2. The van der Waals surface area contributed by atoms with Crippen molar-refractivity contribution < 1.29 is 17.7 Å². The standard InChI is InChI=1S/C30H39N5O2/c1-28(2,3)29(4,5)30(6,7)35(22-13-23(36-9)16-24(14-22)37-10)21-11-12-25-26(15-21)33-27(18-31-25)20-17-32-34(8)19-20/h11-19H,1-10H3/i9D3,10D3. The second-order valence-electron chi connectivity index (χ2n) is 11.5. The largest absolute Gasteiger partial charge is 0.497 e. The van der Waals surface area contributed by atoms with Gasteiger partial charge in [-0.1, -0.05) is 34.6 Å². The predicted octanol–water partition coefficient (Wildman–Crippen LogP) is 7.04. The molecule has 0 radical (unpaired) electrons. The average molecular weight is 508 g/mol. The quantitative estimate of drug-likeness (QED) is 0.267. The SMILES string of the molecule is [2H]C([2H])([2H])Oc1cc(OC([2H])([2H])[2H])cc(N(c2ccc3ncc(-c4cnn(C)c4)nc3c2)C(C)(C)C(C)(C)C(C)(C)C)c1. The molecule has 0 saturated carbocycles. The van der Waals surface area contributed by atoms with Crippen LogP contribution in [-0.2, 0) is 7.05 Å². The molecule has 0 aliphatic rings. The van der Waals surface area contributed by atoms with Crippen molar-refractivity contribution in [2.75, 3.05) is 19.0 Å². The van der Waals surface area contributed by atoms with E-state index in [0.717, 1.165) is 11.3 Å². The number of ether oxygens (including phenoxy) is 2. The highest BCUT2D eigenvalue weighted by atomic mass is 16.5. The van der Waals surface area contributed by atoms with Gasteiger partial charge in [-0.2, -0.15) is 5.10 Å². The maximum absolute atomic E-state index is 7.67. The first-order valence-electron chi connectivity index (χ1n) is 15.2. The van der Waals surface area contributed by atoms with Crippen LogP contribution in [-0.4, -0.2) is 39.4 Å². The summed E-state index contributed by atoms with van der Waals surface area (Å²) in [5.74, 6) is -0.101. The molecule has 0 amide bonds. The first-order valence-corrected chi connectivity index (χ1v) is 12.2. The van der Waals surface area contributed by atoms with Gasteiger partial charge in [-0.25, -0.2) is 4.98 Å². The van der Waals surface area contributed by atoms with Crippen molar-refractivity contribution in [2.24, 2.45) is 17.9 Å². The molecule has 0 atom stereocenters. The van der Waals surface area contributed by atoms with E-state index in [1.807, 2.05) is 31.4 Å². The number of aromatic nitrogens is 4. The minimum Gasteiger partial charge on any atom is -0.497 e. The van der Waals surface area contributed by atoms with Gasteiger partial charge in [0.2, 0.25) is 0 Å². The van der Waals surface area contributed by atoms with Gasteiger partial charge in [0.1, 0.15) is 11.5 Å². The molecule has 0 aliphatic heterocycles. The van der Waals surface area contributed by atoms with Crippen molar-refractivity contribution in [1.29, 1.82) is 0 Å². The summed E-state index contributed by atoms with van der Waals surface area (Å²) in [6.07, 6.45) is 5.30. The number of benzene rings is 2. The summed E-state index contributed by atoms with van der Waals surface area (Å²) in [5.41, 5.74) is 2.83. The molecule has 196 valence electrons. The third-order valence-corrected chi connectivity index (χ3v) is 8.11. The Morgan fingerprint density at radius 1 is 0.838 bits per heavy atom. The first kappa shape index (κ1) is 19.5. The van der Waals surface area contributed by atoms with Crippen molar-refractivity contribution in [1.82, 2.24) is 19.7 Å². The van der Waals surface area contributed by atoms with E-state index < -0.39 is 19.6 Å². The van der Waals surface area contributed by atoms with E-state index in [2.05, 4.69) is 63.4 Å². The number of methoxy groups -OCH3 is 2. The molecule has 0 aliphatic carbocycles. The van der Waals surface area contributed by atoms with Crippen molar-refractivity contribution in [2.45, 2.75) is 54.0 Å². The van der Waals surface area contributed by atoms with Crippen LogP contribution in [0.4, 0.5) is 11.4 Å². The molecule has 2 aromatic carbocycles. The number of aryl methyl sites for hydroxylation is 1. The predicted molar refractivity (Wildman–Crippen MR) is 151 cm³/mol. The summed E-state index contributed by atoms with van der Waals surface area (Å²) < 4.78 is 58.3. The Morgan fingerprint density at radius 3 is 2.08 bits per heavy atom. The Balaban J connectivity index is 1.99. The maximum atomic E-state index is 7.67. The van der Waals surface area contributed by atoms with Crippen molar-refractivity contribution in [3.63, 3.8) is 0 Å². The monoisotopic (exact) mass is 507 g/mol. The van der Waals surface area contributed by atoms with Gasteiger partial charge in [0.05, 0.1) is 51.4 Å². The van der Waals surface area contributed by atoms with Crippen LogP contribution < -0.4 is 14.4 Å². The summed E-state index contributed by atoms with van der Waals surface area (Å²) >= 11 is 0. The van der Waals surface area contributed by atoms with Crippen LogP contribution in [0.3, 0.4) is 0 Å². The minimum atomic E-state index is -2.76. The van der Waals surface area contributed by atoms with Crippen LogP contribution in [0.5, 0.6) is 11.5 Å². The van der Waals surface area contributed by atoms with Gasteiger partial charge in [-0.3, -0.25) is 9.67 Å². The first-order chi connectivity index (χ1) is 19.6. The Kier molecular flexibility index (Phi) is 4.93. The van der Waals surface area contributed by atoms with Crippen LogP contribution in [0, 0.1) is 10.8 Å². The van der Waals surface area contributed by atoms with Crippen LogP contribution in [0.2, 0.25) is 0 Å². The lowest BCUT2D eigenvalue weighted by atomic mass is 9.58. The van der Waals surface area contributed by atoms with Crippen molar-refractivity contribution in [3.8, 4) is 22.8 Å². The molecule has 0 N–H and O–H groups in total. The Hall–Kier alpha value is -3.61. The van der Waals surface area contributed by atoms with Gasteiger partial charge >= 0.3 is 0 Å². The average Bonchev–Trinajstić information content (AvgIpc) is 3.26. The lowest BCUT2D eigenvalue weighted by molar-refractivity contribution is 0.0509. The number of hydrogen-bond acceptors (Lipinski definition) is 6. The Bertz CT molecular complexity index is 1590. The van der Waals surface area contributed by atoms with E-state index in [0.29, 0.717) is 22.4 Å². The van der Waals surface area contributed by atoms with Gasteiger partial charge < -0.3 is 14.4 Å². The Morgan fingerprint density at radius 2 is 1.51 bits per heavy atom. The van der Waals surface area contributed by atoms with Gasteiger partial charge in [-0.05, 0) is 42.9 Å². The van der Waals surface area contributed by atoms with E-state index in [4.69, 9.17) is 22.7 Å². The highest BCUT2D eigenvalue weighted by Crippen LogP contribution is 2.52. The van der Waals surface area contributed by atoms with E-state index in [-0.39, 0.29) is 22.3 Å². The second-order valence-corrected chi connectivity index (χ2v) is 11.5. The van der Waals surface area contributed by atoms with Gasteiger partial charge in [0.15, 0.2) is 0 Å². The number of fused-ring (bicyclic) bond motifs is 1. The summed E-state index contributed by atoms with van der Waals surface area (Å²) in [4.78, 5) is 11.5. The lowest BCUT2D eigenvalue weighted by Crippen LogP contribution is -2.57. The number of hydrogen-bond donors (Lipinski definition) is 0. The highest BCUT2D eigenvalue weighted by molar-refractivity contribution is 5.83. The summed E-state index contributed by atoms with van der Waals surface area (Å²) in [5, 5.41) is 4.24. The summed E-state index contributed by atoms with van der Waals surface area (Å²) in [6, 6.07) is 10.2. The third-order valence-electron chi connectivity index (χ3n) is 8.11. The van der Waals surface area contributed by atoms with Gasteiger partial charge in [-0.15, -0.1) is 0 Å². The number of anilines is 2. The van der Waals surface area contributed by atoms with Crippen LogP contribution in [0.25, 0.3) is 22.3 Å². The van der Waals surface area contributed by atoms with Gasteiger partial charge in [0.25, 0.3) is 0 Å². The highest BCUT2D eigenvalue weighted by Gasteiger charge is 2.49. The van der Waals surface area contributed by atoms with Crippen molar-refractivity contribution in [3.05, 3.63) is 55.0 Å². The van der Waals surface area contributed by atoms with Gasteiger partial charge in [0, 0.05) is 53.9 Å². The van der Waals surface area contributed by atoms with E-state index >= 15 is 0 Å². The summed E-state index contributed by atoms with van der Waals surface area (Å²) in [6.45, 7) is 15.0. The zero-order valence-electron chi connectivity index (χ0n) is 28.7. The minimum absolute atomic E-state index is 0.0504. The van der Waals surface area contributed by atoms with Crippen LogP contribution in [0.15, 0.2) is 55.0 Å². The second kappa shape index (κ2) is 9.36. The maximum Gasteiger partial charge on any atom is 0.124 e. The van der Waals surface area contributed by atoms with Crippen molar-refractivity contribution >= 4 is 22.4 Å². The summed E-state index contributed by atoms with van der Waals surface area (Å²) in [7, 11) is -3.69. The molecule has 2 aromatic heterocycles. The molecule has 4 aromatic rings. The fourth-order valence-corrected chi connectivity index (χ4v) is 4.63. The fourth-order valence-electron chi connectivity index (χ4n) is 4.63. The molecule has 0 fully saturated rings. The molecule has 2 heterocycles. The third kappa shape index (κ3) is 4.75. The molecular formula is C30H39N5O2. The molecule has 0 unspecified atom stereocenters. The smallest absolute Gasteiger partial charge is 0.124 e. The van der Waals surface area contributed by atoms with E-state index in [1.165, 1.54) is 6.07 Å². The Labute approximate surface area is 228 Å². The molecular weight excluding hydrogens is 462 g/mol. The lowest BCUT2D eigenvalue weighted by Gasteiger charge is -2.56. The molecule has 0 spiro atoms. The molecule has 4 rings (SSSR count). The molecule has 7 nitrogen and oxygen atoms in total. The van der Waals surface area contributed by atoms with E-state index in [9.17, 15) is 0 Å². The van der Waals surface area contributed by atoms with Crippen LogP contribution in [0.1, 0.15) is 56.7 Å². The van der Waals surface area contributed by atoms with E-state index in [1.54, 1.807) is 29.2 Å².